The van der Waals surface area contributed by atoms with Crippen molar-refractivity contribution in [3.8, 4) is 0 Å². The minimum atomic E-state index is 0.200. The van der Waals surface area contributed by atoms with Gasteiger partial charge in [0.1, 0.15) is 6.73 Å². The summed E-state index contributed by atoms with van der Waals surface area (Å²) >= 11 is 20.7. The molecule has 0 spiro atoms. The predicted molar refractivity (Wildman–Crippen MR) is 66.2 cm³/mol. The zero-order chi connectivity index (χ0) is 11.3. The predicted octanol–water partition coefficient (Wildman–Crippen LogP) is 3.99. The molecule has 86 valence electrons. The summed E-state index contributed by atoms with van der Waals surface area (Å²) in [6, 6.07) is 0. The maximum atomic E-state index is 5.85. The van der Waals surface area contributed by atoms with Crippen LogP contribution >= 0.6 is 50.7 Å². The molecule has 0 saturated carbocycles. The highest BCUT2D eigenvalue weighted by Gasteiger charge is 2.11. The van der Waals surface area contributed by atoms with Crippen LogP contribution in [0.2, 0.25) is 15.6 Å². The molecule has 3 nitrogen and oxygen atoms in total. The van der Waals surface area contributed by atoms with E-state index in [9.17, 15) is 0 Å². The normalized spacial score (nSPS) is 10.9. The highest BCUT2D eigenvalue weighted by Crippen LogP contribution is 2.25. The summed E-state index contributed by atoms with van der Waals surface area (Å²) in [6.45, 7) is 0.938. The average molecular weight is 336 g/mol. The van der Waals surface area contributed by atoms with Gasteiger partial charge in [0.15, 0.2) is 10.3 Å². The molecule has 0 amide bonds. The Morgan fingerprint density at radius 3 is 2.53 bits per heavy atom. The third kappa shape index (κ3) is 4.11. The third-order valence-electron chi connectivity index (χ3n) is 1.71. The van der Waals surface area contributed by atoms with Crippen molar-refractivity contribution >= 4 is 50.7 Å². The van der Waals surface area contributed by atoms with Crippen LogP contribution in [0.15, 0.2) is 0 Å². The van der Waals surface area contributed by atoms with Crippen molar-refractivity contribution in [1.82, 2.24) is 9.55 Å². The summed E-state index contributed by atoms with van der Waals surface area (Å²) in [5.41, 5.74) is 0. The number of hydrogen-bond donors (Lipinski definition) is 0. The Labute approximate surface area is 112 Å². The number of rotatable bonds is 6. The summed E-state index contributed by atoms with van der Waals surface area (Å²) in [4.78, 5) is 3.80. The van der Waals surface area contributed by atoms with Gasteiger partial charge in [0.25, 0.3) is 0 Å². The van der Waals surface area contributed by atoms with E-state index in [-0.39, 0.29) is 17.2 Å². The largest absolute Gasteiger partial charge is 0.361 e. The van der Waals surface area contributed by atoms with Crippen LogP contribution in [0, 0.1) is 0 Å². The lowest BCUT2D eigenvalue weighted by atomic mass is 10.4. The molecule has 0 aromatic carbocycles. The molecule has 7 heteroatoms. The molecule has 0 aliphatic rings. The van der Waals surface area contributed by atoms with Gasteiger partial charge in [-0.05, 0) is 24.4 Å². The number of nitrogens with zero attached hydrogens (tertiary/aromatic N) is 2. The van der Waals surface area contributed by atoms with Gasteiger partial charge in [-0.2, -0.15) is 0 Å². The first-order valence-electron chi connectivity index (χ1n) is 4.37. The van der Waals surface area contributed by atoms with Crippen LogP contribution in [0.4, 0.5) is 0 Å². The van der Waals surface area contributed by atoms with Crippen molar-refractivity contribution in [3.63, 3.8) is 0 Å². The van der Waals surface area contributed by atoms with Crippen molar-refractivity contribution in [2.45, 2.75) is 19.6 Å². The molecule has 1 rings (SSSR count). The minimum Gasteiger partial charge on any atom is -0.361 e. The lowest BCUT2D eigenvalue weighted by Crippen LogP contribution is -2.04. The average Bonchev–Trinajstić information content (AvgIpc) is 2.44. The van der Waals surface area contributed by atoms with Crippen LogP contribution in [0.5, 0.6) is 0 Å². The van der Waals surface area contributed by atoms with E-state index < -0.39 is 0 Å². The monoisotopic (exact) mass is 334 g/mol. The van der Waals surface area contributed by atoms with E-state index in [2.05, 4.69) is 20.9 Å². The second kappa shape index (κ2) is 6.97. The summed E-state index contributed by atoms with van der Waals surface area (Å²) in [5, 5.41) is 1.73. The number of ether oxygens (including phenoxy) is 1. The van der Waals surface area contributed by atoms with Crippen LogP contribution < -0.4 is 0 Å². The molecule has 0 atom stereocenters. The molecule has 0 fully saturated rings. The third-order valence-corrected chi connectivity index (χ3v) is 3.31. The van der Waals surface area contributed by atoms with E-state index in [0.717, 1.165) is 18.2 Å². The molecular weight excluding hydrogens is 326 g/mol. The van der Waals surface area contributed by atoms with Gasteiger partial charge in [-0.15, -0.1) is 0 Å². The molecule has 0 radical (unpaired) electrons. The zero-order valence-electron chi connectivity index (χ0n) is 7.85. The van der Waals surface area contributed by atoms with E-state index in [1.807, 2.05) is 0 Å². The van der Waals surface area contributed by atoms with Crippen molar-refractivity contribution in [2.75, 3.05) is 11.9 Å². The van der Waals surface area contributed by atoms with E-state index in [1.54, 1.807) is 0 Å². The van der Waals surface area contributed by atoms with Crippen LogP contribution in [0.1, 0.15) is 12.8 Å². The van der Waals surface area contributed by atoms with E-state index in [4.69, 9.17) is 39.5 Å². The van der Waals surface area contributed by atoms with E-state index in [1.165, 1.54) is 4.57 Å². The molecule has 0 aliphatic carbocycles. The first kappa shape index (κ1) is 13.6. The minimum absolute atomic E-state index is 0.200. The molecule has 0 bridgehead atoms. The number of aromatic nitrogens is 2. The number of halogens is 4. The molecular formula is C8H10BrCl3N2O. The zero-order valence-corrected chi connectivity index (χ0v) is 11.7. The van der Waals surface area contributed by atoms with Gasteiger partial charge in [0.2, 0.25) is 5.28 Å². The fourth-order valence-corrected chi connectivity index (χ4v) is 2.00. The highest BCUT2D eigenvalue weighted by atomic mass is 79.9. The Morgan fingerprint density at radius 2 is 2.00 bits per heavy atom. The molecule has 1 aromatic rings. The number of hydrogen-bond acceptors (Lipinski definition) is 2. The van der Waals surface area contributed by atoms with Gasteiger partial charge >= 0.3 is 0 Å². The van der Waals surface area contributed by atoms with Gasteiger partial charge in [-0.25, -0.2) is 4.98 Å². The Kier molecular flexibility index (Phi) is 6.31. The smallest absolute Gasteiger partial charge is 0.207 e. The molecule has 0 aliphatic heterocycles. The van der Waals surface area contributed by atoms with Gasteiger partial charge < -0.3 is 4.74 Å². The molecule has 0 unspecified atom stereocenters. The van der Waals surface area contributed by atoms with Gasteiger partial charge in [0.05, 0.1) is 0 Å². The molecule has 0 saturated heterocycles. The van der Waals surface area contributed by atoms with Crippen LogP contribution in [0.25, 0.3) is 0 Å². The summed E-state index contributed by atoms with van der Waals surface area (Å²) in [6.07, 6.45) is 2.06. The van der Waals surface area contributed by atoms with Crippen molar-refractivity contribution in [1.29, 1.82) is 0 Å². The van der Waals surface area contributed by atoms with Gasteiger partial charge in [-0.3, -0.25) is 4.57 Å². The Morgan fingerprint density at radius 1 is 1.27 bits per heavy atom. The number of unbranched alkanes of at least 4 members (excludes halogenated alkanes) is 1. The van der Waals surface area contributed by atoms with Crippen molar-refractivity contribution in [2.24, 2.45) is 0 Å². The van der Waals surface area contributed by atoms with E-state index >= 15 is 0 Å². The number of imidazole rings is 1. The fraction of sp³-hybridized carbons (Fsp3) is 0.625. The highest BCUT2D eigenvalue weighted by molar-refractivity contribution is 9.09. The molecule has 0 N–H and O–H groups in total. The Bertz CT molecular complexity index is 319. The SMILES string of the molecule is Clc1nc(Cl)n(COCCCCBr)c1Cl. The lowest BCUT2D eigenvalue weighted by Gasteiger charge is -2.06. The fourth-order valence-electron chi connectivity index (χ4n) is 0.944. The first-order valence-corrected chi connectivity index (χ1v) is 6.63. The standard InChI is InChI=1S/C8H10BrCl3N2O/c9-3-1-2-4-15-5-14-7(11)6(10)13-8(14)12/h1-5H2. The summed E-state index contributed by atoms with van der Waals surface area (Å²) in [7, 11) is 0. The maximum Gasteiger partial charge on any atom is 0.207 e. The topological polar surface area (TPSA) is 27.1 Å². The quantitative estimate of drug-likeness (QED) is 0.580. The summed E-state index contributed by atoms with van der Waals surface area (Å²) in [5.74, 6) is 0. The number of alkyl halides is 1. The second-order valence-corrected chi connectivity index (χ2v) is 4.67. The van der Waals surface area contributed by atoms with Gasteiger partial charge in [-0.1, -0.05) is 39.1 Å². The van der Waals surface area contributed by atoms with Gasteiger partial charge in [0, 0.05) is 11.9 Å². The first-order chi connectivity index (χ1) is 7.16. The Balaban J connectivity index is 2.37. The van der Waals surface area contributed by atoms with Crippen molar-refractivity contribution in [3.05, 3.63) is 15.6 Å². The van der Waals surface area contributed by atoms with Crippen LogP contribution in [-0.2, 0) is 11.5 Å². The summed E-state index contributed by atoms with van der Waals surface area (Å²) < 4.78 is 6.88. The Hall–Kier alpha value is 0.520. The van der Waals surface area contributed by atoms with Crippen molar-refractivity contribution < 1.29 is 4.74 Å². The van der Waals surface area contributed by atoms with Crippen LogP contribution in [-0.4, -0.2) is 21.5 Å². The molecule has 15 heavy (non-hydrogen) atoms. The van der Waals surface area contributed by atoms with Crippen LogP contribution in [0.3, 0.4) is 0 Å². The second-order valence-electron chi connectivity index (χ2n) is 2.82. The molecule has 1 heterocycles. The maximum absolute atomic E-state index is 5.85. The van der Waals surface area contributed by atoms with E-state index in [0.29, 0.717) is 11.8 Å². The lowest BCUT2D eigenvalue weighted by molar-refractivity contribution is 0.0753. The molecule has 1 aromatic heterocycles.